The average Bonchev–Trinajstić information content (AvgIpc) is 2.07. The van der Waals surface area contributed by atoms with Crippen molar-refractivity contribution < 1.29 is 0 Å². The lowest BCUT2D eigenvalue weighted by atomic mass is 9.86. The fraction of sp³-hybridized carbons (Fsp3) is 0.500. The van der Waals surface area contributed by atoms with Crippen LogP contribution in [0.1, 0.15) is 31.9 Å². The van der Waals surface area contributed by atoms with Crippen LogP contribution in [0.4, 0.5) is 5.69 Å². The van der Waals surface area contributed by atoms with Gasteiger partial charge in [0.05, 0.1) is 5.69 Å². The number of hydrogen-bond acceptors (Lipinski definition) is 2. The number of hydrazine groups is 1. The minimum Gasteiger partial charge on any atom is -0.321 e. The Morgan fingerprint density at radius 1 is 1.13 bits per heavy atom. The highest BCUT2D eigenvalue weighted by molar-refractivity contribution is 5.85. The van der Waals surface area contributed by atoms with Gasteiger partial charge in [-0.3, -0.25) is 0 Å². The van der Waals surface area contributed by atoms with Gasteiger partial charge in [0, 0.05) is 7.05 Å². The lowest BCUT2D eigenvalue weighted by molar-refractivity contribution is 0.590. The number of halogens is 1. The van der Waals surface area contributed by atoms with Gasteiger partial charge < -0.3 is 5.43 Å². The molecular weight excluding hydrogens is 208 g/mol. The minimum absolute atomic E-state index is 0. The Hall–Kier alpha value is -0.730. The highest BCUT2D eigenvalue weighted by Gasteiger charge is 2.13. The number of hydrogen-bond donors (Lipinski definition) is 2. The van der Waals surface area contributed by atoms with Gasteiger partial charge in [0.15, 0.2) is 0 Å². The maximum Gasteiger partial charge on any atom is 0.0516 e. The van der Waals surface area contributed by atoms with Crippen LogP contribution in [0.15, 0.2) is 18.2 Å². The van der Waals surface area contributed by atoms with Gasteiger partial charge in [-0.15, -0.1) is 12.4 Å². The summed E-state index contributed by atoms with van der Waals surface area (Å²) in [5.41, 5.74) is 10.0. The summed E-state index contributed by atoms with van der Waals surface area (Å²) in [7, 11) is 1.87. The highest BCUT2D eigenvalue weighted by Crippen LogP contribution is 2.25. The molecule has 0 spiro atoms. The Morgan fingerprint density at radius 2 is 1.73 bits per heavy atom. The molecule has 0 amide bonds. The Labute approximate surface area is 98.8 Å². The van der Waals surface area contributed by atoms with Crippen molar-refractivity contribution in [2.45, 2.75) is 33.1 Å². The number of anilines is 1. The minimum atomic E-state index is 0. The molecular formula is C12H21ClN2. The fourth-order valence-electron chi connectivity index (χ4n) is 1.41. The molecule has 0 atom stereocenters. The SMILES string of the molecule is CNNc1ccc(C(C)(C)C)cc1C.Cl. The Kier molecular flexibility index (Phi) is 5.12. The van der Waals surface area contributed by atoms with E-state index in [1.165, 1.54) is 11.1 Å². The molecule has 0 heterocycles. The molecule has 0 aromatic heterocycles. The van der Waals surface area contributed by atoms with Crippen LogP contribution >= 0.6 is 12.4 Å². The lowest BCUT2D eigenvalue weighted by Crippen LogP contribution is -2.17. The van der Waals surface area contributed by atoms with E-state index in [4.69, 9.17) is 0 Å². The molecule has 1 rings (SSSR count). The molecule has 1 aromatic carbocycles. The van der Waals surface area contributed by atoms with Crippen molar-refractivity contribution in [3.05, 3.63) is 29.3 Å². The molecule has 1 aromatic rings. The third-order valence-electron chi connectivity index (χ3n) is 2.35. The number of aryl methyl sites for hydroxylation is 1. The van der Waals surface area contributed by atoms with Gasteiger partial charge in [-0.05, 0) is 29.5 Å². The van der Waals surface area contributed by atoms with Gasteiger partial charge in [0.2, 0.25) is 0 Å². The summed E-state index contributed by atoms with van der Waals surface area (Å²) in [6, 6.07) is 6.53. The van der Waals surface area contributed by atoms with E-state index in [1.807, 2.05) is 7.05 Å². The second-order valence-electron chi connectivity index (χ2n) is 4.65. The van der Waals surface area contributed by atoms with Gasteiger partial charge in [0.25, 0.3) is 0 Å². The van der Waals surface area contributed by atoms with Gasteiger partial charge in [-0.1, -0.05) is 32.9 Å². The summed E-state index contributed by atoms with van der Waals surface area (Å²) >= 11 is 0. The summed E-state index contributed by atoms with van der Waals surface area (Å²) in [5, 5.41) is 0. The van der Waals surface area contributed by atoms with E-state index in [2.05, 4.69) is 56.7 Å². The van der Waals surface area contributed by atoms with Crippen molar-refractivity contribution in [2.24, 2.45) is 0 Å². The van der Waals surface area contributed by atoms with E-state index in [0.717, 1.165) is 5.69 Å². The molecule has 0 aliphatic carbocycles. The second kappa shape index (κ2) is 5.38. The maximum absolute atomic E-state index is 3.10. The molecule has 3 heteroatoms. The van der Waals surface area contributed by atoms with E-state index in [1.54, 1.807) is 0 Å². The van der Waals surface area contributed by atoms with Crippen LogP contribution in [0.2, 0.25) is 0 Å². The first-order chi connectivity index (χ1) is 6.45. The Bertz CT molecular complexity index is 316. The largest absolute Gasteiger partial charge is 0.321 e. The molecule has 15 heavy (non-hydrogen) atoms. The number of nitrogens with one attached hydrogen (secondary N) is 2. The van der Waals surface area contributed by atoms with Crippen molar-refractivity contribution in [1.82, 2.24) is 5.43 Å². The summed E-state index contributed by atoms with van der Waals surface area (Å²) in [6.45, 7) is 8.81. The Balaban J connectivity index is 0.00000196. The average molecular weight is 229 g/mol. The monoisotopic (exact) mass is 228 g/mol. The summed E-state index contributed by atoms with van der Waals surface area (Å²) < 4.78 is 0. The van der Waals surface area contributed by atoms with Crippen molar-refractivity contribution in [2.75, 3.05) is 12.5 Å². The standard InChI is InChI=1S/C12H20N2.ClH/c1-9-8-10(12(2,3)4)6-7-11(9)14-13-5;/h6-8,13-14H,1-5H3;1H. The van der Waals surface area contributed by atoms with Gasteiger partial charge >= 0.3 is 0 Å². The van der Waals surface area contributed by atoms with Crippen LogP contribution in [-0.4, -0.2) is 7.05 Å². The first-order valence-corrected chi connectivity index (χ1v) is 4.99. The normalized spacial score (nSPS) is 10.7. The van der Waals surface area contributed by atoms with E-state index >= 15 is 0 Å². The first kappa shape index (κ1) is 14.3. The van der Waals surface area contributed by atoms with Crippen LogP contribution in [-0.2, 0) is 5.41 Å². The van der Waals surface area contributed by atoms with Crippen LogP contribution in [0.25, 0.3) is 0 Å². The predicted molar refractivity (Wildman–Crippen MR) is 69.8 cm³/mol. The van der Waals surface area contributed by atoms with Crippen molar-refractivity contribution in [3.63, 3.8) is 0 Å². The fourth-order valence-corrected chi connectivity index (χ4v) is 1.41. The molecule has 0 saturated heterocycles. The predicted octanol–water partition coefficient (Wildman–Crippen LogP) is 3.26. The van der Waals surface area contributed by atoms with Crippen LogP contribution in [0.5, 0.6) is 0 Å². The Morgan fingerprint density at radius 3 is 2.13 bits per heavy atom. The van der Waals surface area contributed by atoms with E-state index in [0.29, 0.717) is 0 Å². The molecule has 0 fully saturated rings. The van der Waals surface area contributed by atoms with Crippen molar-refractivity contribution >= 4 is 18.1 Å². The van der Waals surface area contributed by atoms with E-state index in [-0.39, 0.29) is 17.8 Å². The third-order valence-corrected chi connectivity index (χ3v) is 2.35. The molecule has 2 nitrogen and oxygen atoms in total. The number of benzene rings is 1. The summed E-state index contributed by atoms with van der Waals surface area (Å²) in [6.07, 6.45) is 0. The van der Waals surface area contributed by atoms with Gasteiger partial charge in [0.1, 0.15) is 0 Å². The molecule has 0 bridgehead atoms. The highest BCUT2D eigenvalue weighted by atomic mass is 35.5. The molecule has 0 saturated carbocycles. The van der Waals surface area contributed by atoms with Crippen molar-refractivity contribution in [1.29, 1.82) is 0 Å². The number of rotatable bonds is 2. The van der Waals surface area contributed by atoms with Crippen LogP contribution in [0.3, 0.4) is 0 Å². The first-order valence-electron chi connectivity index (χ1n) is 4.99. The van der Waals surface area contributed by atoms with Crippen LogP contribution < -0.4 is 10.9 Å². The zero-order valence-corrected chi connectivity index (χ0v) is 11.0. The molecule has 0 radical (unpaired) electrons. The summed E-state index contributed by atoms with van der Waals surface area (Å²) in [4.78, 5) is 0. The van der Waals surface area contributed by atoms with Crippen LogP contribution in [0, 0.1) is 6.92 Å². The molecule has 86 valence electrons. The topological polar surface area (TPSA) is 24.1 Å². The molecule has 0 unspecified atom stereocenters. The zero-order valence-electron chi connectivity index (χ0n) is 10.1. The van der Waals surface area contributed by atoms with E-state index < -0.39 is 0 Å². The zero-order chi connectivity index (χ0) is 10.8. The van der Waals surface area contributed by atoms with Gasteiger partial charge in [-0.25, -0.2) is 5.43 Å². The smallest absolute Gasteiger partial charge is 0.0516 e. The lowest BCUT2D eigenvalue weighted by Gasteiger charge is -2.20. The van der Waals surface area contributed by atoms with Crippen molar-refractivity contribution in [3.8, 4) is 0 Å². The molecule has 2 N–H and O–H groups in total. The second-order valence-corrected chi connectivity index (χ2v) is 4.65. The maximum atomic E-state index is 3.10. The third kappa shape index (κ3) is 3.73. The summed E-state index contributed by atoms with van der Waals surface area (Å²) in [5.74, 6) is 0. The van der Waals surface area contributed by atoms with Gasteiger partial charge in [-0.2, -0.15) is 0 Å². The quantitative estimate of drug-likeness (QED) is 0.760. The molecule has 0 aliphatic heterocycles. The van der Waals surface area contributed by atoms with E-state index in [9.17, 15) is 0 Å². The molecule has 0 aliphatic rings.